The van der Waals surface area contributed by atoms with E-state index in [1.54, 1.807) is 12.3 Å². The van der Waals surface area contributed by atoms with E-state index in [9.17, 15) is 0 Å². The zero-order chi connectivity index (χ0) is 5.82. The molecule has 0 atom stereocenters. The van der Waals surface area contributed by atoms with Crippen molar-refractivity contribution in [1.29, 1.82) is 0 Å². The molecule has 1 nitrogen and oxygen atoms in total. The number of hydrogen-bond donors (Lipinski definition) is 0. The first-order chi connectivity index (χ1) is 3.89. The molecule has 0 fully saturated rings. The van der Waals surface area contributed by atoms with Crippen molar-refractivity contribution in [2.24, 2.45) is 4.99 Å². The zero-order valence-electron chi connectivity index (χ0n) is 4.34. The first kappa shape index (κ1) is 5.57. The fourth-order valence-corrected chi connectivity index (χ4v) is 0.612. The van der Waals surface area contributed by atoms with E-state index in [4.69, 9.17) is 11.6 Å². The first-order valence-corrected chi connectivity index (χ1v) is 2.82. The van der Waals surface area contributed by atoms with Gasteiger partial charge in [-0.25, -0.2) is 4.99 Å². The SMILES string of the molecule is ClC1=CC=CCC=N1. The third kappa shape index (κ3) is 1.51. The molecule has 1 rings (SSSR count). The smallest absolute Gasteiger partial charge is 0.128 e. The van der Waals surface area contributed by atoms with E-state index >= 15 is 0 Å². The zero-order valence-corrected chi connectivity index (χ0v) is 5.10. The standard InChI is InChI=1S/C6H6ClN/c7-6-4-2-1-3-5-8-6/h1-2,4-5H,3H2. The molecule has 42 valence electrons. The van der Waals surface area contributed by atoms with Gasteiger partial charge in [-0.05, 0) is 6.08 Å². The van der Waals surface area contributed by atoms with Gasteiger partial charge in [-0.2, -0.15) is 0 Å². The second kappa shape index (κ2) is 2.68. The van der Waals surface area contributed by atoms with Gasteiger partial charge in [-0.15, -0.1) is 0 Å². The van der Waals surface area contributed by atoms with Gasteiger partial charge in [0.25, 0.3) is 0 Å². The van der Waals surface area contributed by atoms with E-state index in [-0.39, 0.29) is 0 Å². The van der Waals surface area contributed by atoms with Crippen molar-refractivity contribution in [1.82, 2.24) is 0 Å². The summed E-state index contributed by atoms with van der Waals surface area (Å²) >= 11 is 5.53. The monoisotopic (exact) mass is 127 g/mol. The summed E-state index contributed by atoms with van der Waals surface area (Å²) in [6, 6.07) is 0. The lowest BCUT2D eigenvalue weighted by atomic mass is 10.4. The van der Waals surface area contributed by atoms with Gasteiger partial charge in [0.2, 0.25) is 0 Å². The van der Waals surface area contributed by atoms with Crippen LogP contribution >= 0.6 is 11.6 Å². The van der Waals surface area contributed by atoms with Crippen molar-refractivity contribution >= 4 is 17.8 Å². The fraction of sp³-hybridized carbons (Fsp3) is 0.167. The normalized spacial score (nSPS) is 17.9. The van der Waals surface area contributed by atoms with Crippen LogP contribution < -0.4 is 0 Å². The van der Waals surface area contributed by atoms with Crippen molar-refractivity contribution < 1.29 is 0 Å². The molecule has 0 saturated heterocycles. The fourth-order valence-electron chi connectivity index (χ4n) is 0.470. The summed E-state index contributed by atoms with van der Waals surface area (Å²) in [4.78, 5) is 3.86. The van der Waals surface area contributed by atoms with E-state index in [1.807, 2.05) is 12.2 Å². The Kier molecular flexibility index (Phi) is 1.86. The van der Waals surface area contributed by atoms with Crippen molar-refractivity contribution in [3.8, 4) is 0 Å². The largest absolute Gasteiger partial charge is 0.249 e. The number of hydrogen-bond acceptors (Lipinski definition) is 1. The van der Waals surface area contributed by atoms with Gasteiger partial charge in [0, 0.05) is 12.6 Å². The van der Waals surface area contributed by atoms with Crippen LogP contribution in [0, 0.1) is 0 Å². The van der Waals surface area contributed by atoms with E-state index in [0.29, 0.717) is 5.16 Å². The molecule has 0 aliphatic carbocycles. The van der Waals surface area contributed by atoms with Crippen LogP contribution in [0.25, 0.3) is 0 Å². The van der Waals surface area contributed by atoms with Gasteiger partial charge < -0.3 is 0 Å². The lowest BCUT2D eigenvalue weighted by molar-refractivity contribution is 1.48. The Morgan fingerprint density at radius 1 is 1.62 bits per heavy atom. The first-order valence-electron chi connectivity index (χ1n) is 2.44. The van der Waals surface area contributed by atoms with E-state index in [2.05, 4.69) is 4.99 Å². The molecule has 0 saturated carbocycles. The maximum Gasteiger partial charge on any atom is 0.128 e. The van der Waals surface area contributed by atoms with Crippen LogP contribution in [0.5, 0.6) is 0 Å². The Hall–Kier alpha value is -0.560. The lowest BCUT2D eigenvalue weighted by Gasteiger charge is -1.78. The minimum absolute atomic E-state index is 0.554. The van der Waals surface area contributed by atoms with Gasteiger partial charge in [0.15, 0.2) is 0 Å². The molecule has 0 spiro atoms. The molecule has 0 amide bonds. The van der Waals surface area contributed by atoms with Crippen LogP contribution in [0.1, 0.15) is 6.42 Å². The molecule has 0 bridgehead atoms. The minimum atomic E-state index is 0.554. The Balaban J connectivity index is 2.73. The molecule has 0 aromatic heterocycles. The molecule has 8 heavy (non-hydrogen) atoms. The molecule has 1 heterocycles. The molecule has 0 unspecified atom stereocenters. The highest BCUT2D eigenvalue weighted by Crippen LogP contribution is 2.04. The van der Waals surface area contributed by atoms with Crippen LogP contribution in [0.2, 0.25) is 0 Å². The van der Waals surface area contributed by atoms with Crippen molar-refractivity contribution in [3.63, 3.8) is 0 Å². The van der Waals surface area contributed by atoms with Crippen molar-refractivity contribution in [2.45, 2.75) is 6.42 Å². The summed E-state index contributed by atoms with van der Waals surface area (Å²) in [6.45, 7) is 0. The van der Waals surface area contributed by atoms with E-state index < -0.39 is 0 Å². The van der Waals surface area contributed by atoms with Gasteiger partial charge in [0.05, 0.1) is 0 Å². The van der Waals surface area contributed by atoms with Crippen LogP contribution in [-0.4, -0.2) is 6.21 Å². The summed E-state index contributed by atoms with van der Waals surface area (Å²) in [7, 11) is 0. The van der Waals surface area contributed by atoms with Crippen LogP contribution in [-0.2, 0) is 0 Å². The number of nitrogens with zero attached hydrogens (tertiary/aromatic N) is 1. The van der Waals surface area contributed by atoms with Gasteiger partial charge >= 0.3 is 0 Å². The summed E-state index contributed by atoms with van der Waals surface area (Å²) in [6.07, 6.45) is 8.33. The Morgan fingerprint density at radius 2 is 2.50 bits per heavy atom. The third-order valence-electron chi connectivity index (χ3n) is 0.826. The number of allylic oxidation sites excluding steroid dienone is 3. The van der Waals surface area contributed by atoms with Gasteiger partial charge in [-0.3, -0.25) is 0 Å². The van der Waals surface area contributed by atoms with Gasteiger partial charge in [-0.1, -0.05) is 23.8 Å². The topological polar surface area (TPSA) is 12.4 Å². The molecule has 0 aromatic carbocycles. The van der Waals surface area contributed by atoms with Gasteiger partial charge in [0.1, 0.15) is 5.16 Å². The molecule has 1 aliphatic rings. The number of halogens is 1. The predicted molar refractivity (Wildman–Crippen MR) is 36.2 cm³/mol. The van der Waals surface area contributed by atoms with E-state index in [1.165, 1.54) is 0 Å². The summed E-state index contributed by atoms with van der Waals surface area (Å²) in [5.74, 6) is 0. The maximum atomic E-state index is 5.53. The van der Waals surface area contributed by atoms with Crippen LogP contribution in [0.3, 0.4) is 0 Å². The summed E-state index contributed by atoms with van der Waals surface area (Å²) < 4.78 is 0. The maximum absolute atomic E-state index is 5.53. The lowest BCUT2D eigenvalue weighted by Crippen LogP contribution is -1.64. The van der Waals surface area contributed by atoms with Crippen LogP contribution in [0.15, 0.2) is 28.4 Å². The highest BCUT2D eigenvalue weighted by Gasteiger charge is 1.83. The number of rotatable bonds is 0. The third-order valence-corrected chi connectivity index (χ3v) is 1.05. The Bertz CT molecular complexity index is 156. The quantitative estimate of drug-likeness (QED) is 0.442. The average molecular weight is 128 g/mol. The van der Waals surface area contributed by atoms with Crippen molar-refractivity contribution in [3.05, 3.63) is 23.4 Å². The molecular formula is C6H6ClN. The second-order valence-corrected chi connectivity index (χ2v) is 1.85. The molecule has 1 aliphatic heterocycles. The molecule has 0 radical (unpaired) electrons. The van der Waals surface area contributed by atoms with Crippen LogP contribution in [0.4, 0.5) is 0 Å². The molecule has 0 aromatic rings. The second-order valence-electron chi connectivity index (χ2n) is 1.46. The Labute approximate surface area is 53.4 Å². The highest BCUT2D eigenvalue weighted by atomic mass is 35.5. The Morgan fingerprint density at radius 3 is 3.38 bits per heavy atom. The van der Waals surface area contributed by atoms with E-state index in [0.717, 1.165) is 6.42 Å². The summed E-state index contributed by atoms with van der Waals surface area (Å²) in [5, 5.41) is 0.554. The molecule has 0 N–H and O–H groups in total. The number of aliphatic imine (C=N–C) groups is 1. The molecular weight excluding hydrogens is 122 g/mol. The minimum Gasteiger partial charge on any atom is -0.249 e. The predicted octanol–water partition coefficient (Wildman–Crippen LogP) is 2.10. The highest BCUT2D eigenvalue weighted by molar-refractivity contribution is 6.29. The molecule has 2 heteroatoms. The van der Waals surface area contributed by atoms with Crippen molar-refractivity contribution in [2.75, 3.05) is 0 Å². The summed E-state index contributed by atoms with van der Waals surface area (Å²) in [5.41, 5.74) is 0. The average Bonchev–Trinajstić information content (AvgIpc) is 1.94.